The minimum absolute atomic E-state index is 0.275. The summed E-state index contributed by atoms with van der Waals surface area (Å²) in [5.41, 5.74) is 0.927. The van der Waals surface area contributed by atoms with E-state index in [4.69, 9.17) is 4.74 Å². The number of imidazole rings is 1. The third-order valence-electron chi connectivity index (χ3n) is 4.23. The lowest BCUT2D eigenvalue weighted by atomic mass is 10.2. The first kappa shape index (κ1) is 20.3. The molecule has 0 aromatic carbocycles. The Morgan fingerprint density at radius 2 is 1.87 bits per heavy atom. The summed E-state index contributed by atoms with van der Waals surface area (Å²) in [5, 5.41) is 3.00. The van der Waals surface area contributed by atoms with Gasteiger partial charge < -0.3 is 15.0 Å². The Morgan fingerprint density at radius 1 is 1.06 bits per heavy atom. The van der Waals surface area contributed by atoms with E-state index in [-0.39, 0.29) is 6.61 Å². The van der Waals surface area contributed by atoms with E-state index >= 15 is 0 Å². The molecule has 31 heavy (non-hydrogen) atoms. The number of anilines is 2. The Labute approximate surface area is 173 Å². The number of rotatable bonds is 5. The Morgan fingerprint density at radius 3 is 2.52 bits per heavy atom. The molecule has 0 aliphatic rings. The second-order valence-electron chi connectivity index (χ2n) is 6.38. The number of nitrogens with one attached hydrogen (secondary N) is 2. The highest BCUT2D eigenvalue weighted by atomic mass is 19.4. The molecule has 4 aromatic rings. The summed E-state index contributed by atoms with van der Waals surface area (Å²) in [5.74, 6) is 0.824. The highest BCUT2D eigenvalue weighted by Gasteiger charge is 2.32. The third kappa shape index (κ3) is 4.44. The Balaban J connectivity index is 1.53. The van der Waals surface area contributed by atoms with Gasteiger partial charge in [-0.05, 0) is 31.2 Å². The van der Waals surface area contributed by atoms with Gasteiger partial charge in [-0.15, -0.1) is 0 Å². The lowest BCUT2D eigenvalue weighted by molar-refractivity contribution is -0.141. The van der Waals surface area contributed by atoms with Crippen LogP contribution in [-0.2, 0) is 10.9 Å². The van der Waals surface area contributed by atoms with Crippen LogP contribution in [0.5, 0.6) is 0 Å². The number of carbonyl (C=O) groups is 1. The molecule has 8 nitrogen and oxygen atoms in total. The van der Waals surface area contributed by atoms with Crippen molar-refractivity contribution < 1.29 is 22.7 Å². The molecular weight excluding hydrogens is 413 g/mol. The smallest absolute Gasteiger partial charge is 0.433 e. The number of pyridine rings is 3. The molecule has 4 rings (SSSR count). The van der Waals surface area contributed by atoms with Gasteiger partial charge in [-0.3, -0.25) is 4.98 Å². The van der Waals surface area contributed by atoms with Gasteiger partial charge in [0.15, 0.2) is 0 Å². The molecule has 11 heteroatoms. The molecule has 0 saturated carbocycles. The van der Waals surface area contributed by atoms with Gasteiger partial charge in [-0.2, -0.15) is 13.2 Å². The number of hydrogen-bond acceptors (Lipinski definition) is 7. The SMILES string of the molecule is CCOC(=O)c1ccc(Nc2cc3nc(-c4ccc(C(F)(F)F)nc4)[nH]c3cn2)nc1. The normalized spacial score (nSPS) is 11.5. The number of esters is 1. The quantitative estimate of drug-likeness (QED) is 0.455. The molecule has 0 aliphatic carbocycles. The second-order valence-corrected chi connectivity index (χ2v) is 6.38. The maximum Gasteiger partial charge on any atom is 0.433 e. The van der Waals surface area contributed by atoms with Crippen LogP contribution in [-0.4, -0.2) is 37.5 Å². The Kier molecular flexibility index (Phi) is 5.24. The average Bonchev–Trinajstić information content (AvgIpc) is 3.17. The van der Waals surface area contributed by atoms with Gasteiger partial charge in [0.1, 0.15) is 23.2 Å². The molecule has 0 unspecified atom stereocenters. The molecular formula is C20H15F3N6O2. The number of nitrogens with zero attached hydrogens (tertiary/aromatic N) is 4. The fourth-order valence-electron chi connectivity index (χ4n) is 2.75. The predicted octanol–water partition coefficient (Wildman–Crippen LogP) is 4.35. The largest absolute Gasteiger partial charge is 0.462 e. The highest BCUT2D eigenvalue weighted by molar-refractivity contribution is 5.89. The Bertz CT molecular complexity index is 1220. The number of H-pyrrole nitrogens is 1. The maximum absolute atomic E-state index is 12.7. The minimum Gasteiger partial charge on any atom is -0.462 e. The number of alkyl halides is 3. The summed E-state index contributed by atoms with van der Waals surface area (Å²) in [6.07, 6.45) is -0.455. The van der Waals surface area contributed by atoms with Crippen molar-refractivity contribution >= 4 is 28.6 Å². The van der Waals surface area contributed by atoms with Crippen LogP contribution >= 0.6 is 0 Å². The molecule has 0 bridgehead atoms. The summed E-state index contributed by atoms with van der Waals surface area (Å²) >= 11 is 0. The van der Waals surface area contributed by atoms with E-state index in [1.165, 1.54) is 12.3 Å². The van der Waals surface area contributed by atoms with E-state index in [2.05, 4.69) is 30.2 Å². The van der Waals surface area contributed by atoms with E-state index in [9.17, 15) is 18.0 Å². The molecule has 2 N–H and O–H groups in total. The standard InChI is InChI=1S/C20H15F3N6O2/c1-2-31-19(30)12-4-6-16(25-9-12)29-17-7-13-14(10-26-17)28-18(27-13)11-3-5-15(24-8-11)20(21,22)23/h3-10H,2H2,1H3,(H,27,28)(H,25,26,29). The van der Waals surface area contributed by atoms with Crippen LogP contribution in [0, 0.1) is 0 Å². The van der Waals surface area contributed by atoms with Crippen LogP contribution in [0.15, 0.2) is 48.9 Å². The van der Waals surface area contributed by atoms with Crippen molar-refractivity contribution in [2.75, 3.05) is 11.9 Å². The van der Waals surface area contributed by atoms with E-state index in [1.807, 2.05) is 0 Å². The van der Waals surface area contributed by atoms with E-state index in [0.717, 1.165) is 12.3 Å². The summed E-state index contributed by atoms with van der Waals surface area (Å²) in [6.45, 7) is 1.99. The maximum atomic E-state index is 12.7. The van der Waals surface area contributed by atoms with E-state index in [0.29, 0.717) is 39.6 Å². The number of aromatic nitrogens is 5. The molecule has 0 radical (unpaired) electrons. The van der Waals surface area contributed by atoms with Gasteiger partial charge in [0.2, 0.25) is 0 Å². The first-order chi connectivity index (χ1) is 14.8. The summed E-state index contributed by atoms with van der Waals surface area (Å²) < 4.78 is 43.0. The lowest BCUT2D eigenvalue weighted by Crippen LogP contribution is -2.07. The highest BCUT2D eigenvalue weighted by Crippen LogP contribution is 2.29. The van der Waals surface area contributed by atoms with Crippen molar-refractivity contribution in [1.82, 2.24) is 24.9 Å². The molecule has 0 saturated heterocycles. The van der Waals surface area contributed by atoms with Crippen molar-refractivity contribution in [3.8, 4) is 11.4 Å². The minimum atomic E-state index is -4.50. The lowest BCUT2D eigenvalue weighted by Gasteiger charge is -2.05. The zero-order chi connectivity index (χ0) is 22.0. The fraction of sp³-hybridized carbons (Fsp3) is 0.150. The molecule has 0 amide bonds. The van der Waals surface area contributed by atoms with Crippen LogP contribution in [0.25, 0.3) is 22.4 Å². The summed E-state index contributed by atoms with van der Waals surface area (Å²) in [7, 11) is 0. The summed E-state index contributed by atoms with van der Waals surface area (Å²) in [6, 6.07) is 7.06. The van der Waals surface area contributed by atoms with Crippen molar-refractivity contribution in [2.24, 2.45) is 0 Å². The van der Waals surface area contributed by atoms with Gasteiger partial charge in [0, 0.05) is 24.0 Å². The first-order valence-corrected chi connectivity index (χ1v) is 9.13. The fourth-order valence-corrected chi connectivity index (χ4v) is 2.75. The van der Waals surface area contributed by atoms with Crippen molar-refractivity contribution in [3.05, 3.63) is 60.2 Å². The van der Waals surface area contributed by atoms with Crippen molar-refractivity contribution in [1.29, 1.82) is 0 Å². The molecule has 158 valence electrons. The number of aromatic amines is 1. The molecule has 0 aliphatic heterocycles. The summed E-state index contributed by atoms with van der Waals surface area (Å²) in [4.78, 5) is 30.9. The Hall–Kier alpha value is -4.02. The molecule has 4 aromatic heterocycles. The van der Waals surface area contributed by atoms with Crippen LogP contribution in [0.1, 0.15) is 23.0 Å². The van der Waals surface area contributed by atoms with Gasteiger partial charge in [-0.25, -0.2) is 19.7 Å². The number of ether oxygens (including phenoxy) is 1. The molecule has 0 fully saturated rings. The van der Waals surface area contributed by atoms with Gasteiger partial charge in [0.25, 0.3) is 0 Å². The van der Waals surface area contributed by atoms with Crippen molar-refractivity contribution in [3.63, 3.8) is 0 Å². The number of fused-ring (bicyclic) bond motifs is 1. The van der Waals surface area contributed by atoms with Gasteiger partial charge in [-0.1, -0.05) is 0 Å². The van der Waals surface area contributed by atoms with Crippen LogP contribution in [0.4, 0.5) is 24.8 Å². The zero-order valence-electron chi connectivity index (χ0n) is 16.1. The predicted molar refractivity (Wildman–Crippen MR) is 106 cm³/mol. The zero-order valence-corrected chi connectivity index (χ0v) is 16.1. The van der Waals surface area contributed by atoms with Gasteiger partial charge >= 0.3 is 12.1 Å². The second kappa shape index (κ2) is 8.01. The number of carbonyl (C=O) groups excluding carboxylic acids is 1. The third-order valence-corrected chi connectivity index (χ3v) is 4.23. The first-order valence-electron chi connectivity index (χ1n) is 9.13. The number of hydrogen-bond donors (Lipinski definition) is 2. The molecule has 4 heterocycles. The van der Waals surface area contributed by atoms with Crippen molar-refractivity contribution in [2.45, 2.75) is 13.1 Å². The topological polar surface area (TPSA) is 106 Å². The van der Waals surface area contributed by atoms with Crippen LogP contribution in [0.2, 0.25) is 0 Å². The van der Waals surface area contributed by atoms with Crippen LogP contribution < -0.4 is 5.32 Å². The number of halogens is 3. The molecule has 0 atom stereocenters. The van der Waals surface area contributed by atoms with Crippen LogP contribution in [0.3, 0.4) is 0 Å². The van der Waals surface area contributed by atoms with E-state index < -0.39 is 17.8 Å². The van der Waals surface area contributed by atoms with E-state index in [1.54, 1.807) is 31.3 Å². The molecule has 0 spiro atoms. The monoisotopic (exact) mass is 428 g/mol. The van der Waals surface area contributed by atoms with Gasteiger partial charge in [0.05, 0.1) is 29.4 Å². The average molecular weight is 428 g/mol.